The number of carbonyl (C=O) groups is 1. The van der Waals surface area contributed by atoms with Gasteiger partial charge in [-0.25, -0.2) is 8.78 Å². The van der Waals surface area contributed by atoms with Crippen molar-refractivity contribution in [2.75, 3.05) is 11.1 Å². The third kappa shape index (κ3) is 2.57. The van der Waals surface area contributed by atoms with Crippen LogP contribution in [0.25, 0.3) is 0 Å². The van der Waals surface area contributed by atoms with E-state index in [1.807, 2.05) is 6.07 Å². The molecule has 3 N–H and O–H groups in total. The third-order valence-corrected chi connectivity index (χ3v) is 2.63. The first-order chi connectivity index (χ1) is 9.52. The fourth-order valence-corrected chi connectivity index (χ4v) is 1.62. The minimum Gasteiger partial charge on any atom is -0.396 e. The van der Waals surface area contributed by atoms with Crippen LogP contribution in [0.3, 0.4) is 0 Å². The second kappa shape index (κ2) is 5.36. The van der Waals surface area contributed by atoms with E-state index in [1.54, 1.807) is 12.1 Å². The van der Waals surface area contributed by atoms with E-state index in [-0.39, 0.29) is 16.9 Å². The van der Waals surface area contributed by atoms with E-state index in [4.69, 9.17) is 11.0 Å². The first-order valence-electron chi connectivity index (χ1n) is 5.58. The smallest absolute Gasteiger partial charge is 0.258 e. The second-order valence-electron chi connectivity index (χ2n) is 3.97. The number of nitrogens with two attached hydrogens (primary N) is 1. The first-order valence-corrected chi connectivity index (χ1v) is 5.58. The minimum absolute atomic E-state index is 0.233. The number of nitrogens with one attached hydrogen (secondary N) is 1. The van der Waals surface area contributed by atoms with E-state index >= 15 is 0 Å². The molecular formula is C14H9F2N3O. The van der Waals surface area contributed by atoms with Crippen LogP contribution in [0.4, 0.5) is 20.2 Å². The van der Waals surface area contributed by atoms with Crippen molar-refractivity contribution in [3.05, 3.63) is 59.2 Å². The van der Waals surface area contributed by atoms with Crippen molar-refractivity contribution >= 4 is 17.3 Å². The molecule has 0 aromatic heterocycles. The number of nitrogens with zero attached hydrogens (tertiary/aromatic N) is 1. The van der Waals surface area contributed by atoms with Gasteiger partial charge in [-0.1, -0.05) is 12.1 Å². The lowest BCUT2D eigenvalue weighted by atomic mass is 10.1. The molecular weight excluding hydrogens is 264 g/mol. The average Bonchev–Trinajstić information content (AvgIpc) is 2.43. The Bertz CT molecular complexity index is 723. The third-order valence-electron chi connectivity index (χ3n) is 2.63. The van der Waals surface area contributed by atoms with E-state index in [0.717, 1.165) is 6.07 Å². The van der Waals surface area contributed by atoms with Crippen LogP contribution in [0, 0.1) is 23.0 Å². The van der Waals surface area contributed by atoms with E-state index in [0.29, 0.717) is 6.07 Å². The monoisotopic (exact) mass is 273 g/mol. The van der Waals surface area contributed by atoms with Crippen LogP contribution < -0.4 is 11.1 Å². The summed E-state index contributed by atoms with van der Waals surface area (Å²) < 4.78 is 26.6. The molecule has 0 saturated carbocycles. The summed E-state index contributed by atoms with van der Waals surface area (Å²) in [6.45, 7) is 0. The van der Waals surface area contributed by atoms with Crippen LogP contribution in [0.15, 0.2) is 36.4 Å². The fourth-order valence-electron chi connectivity index (χ4n) is 1.62. The maximum Gasteiger partial charge on any atom is 0.258 e. The highest BCUT2D eigenvalue weighted by Crippen LogP contribution is 2.19. The molecule has 0 aliphatic rings. The van der Waals surface area contributed by atoms with Crippen molar-refractivity contribution in [2.45, 2.75) is 0 Å². The van der Waals surface area contributed by atoms with Gasteiger partial charge in [0, 0.05) is 6.07 Å². The lowest BCUT2D eigenvalue weighted by molar-refractivity contribution is 0.102. The van der Waals surface area contributed by atoms with Crippen LogP contribution >= 0.6 is 0 Å². The predicted octanol–water partition coefficient (Wildman–Crippen LogP) is 2.67. The van der Waals surface area contributed by atoms with Gasteiger partial charge in [0.1, 0.15) is 17.7 Å². The molecule has 2 aromatic rings. The van der Waals surface area contributed by atoms with Crippen molar-refractivity contribution in [2.24, 2.45) is 0 Å². The van der Waals surface area contributed by atoms with Gasteiger partial charge in [-0.15, -0.1) is 0 Å². The van der Waals surface area contributed by atoms with E-state index in [9.17, 15) is 13.6 Å². The number of nitriles is 1. The molecule has 20 heavy (non-hydrogen) atoms. The first kappa shape index (κ1) is 13.5. The Labute approximate surface area is 113 Å². The minimum atomic E-state index is -1.02. The number of rotatable bonds is 2. The molecule has 0 unspecified atom stereocenters. The number of amides is 1. The van der Waals surface area contributed by atoms with Gasteiger partial charge in [-0.2, -0.15) is 5.26 Å². The van der Waals surface area contributed by atoms with Gasteiger partial charge in [-0.05, 0) is 18.2 Å². The number of benzene rings is 2. The number of hydrogen-bond acceptors (Lipinski definition) is 3. The number of anilines is 2. The molecule has 0 radical (unpaired) electrons. The average molecular weight is 273 g/mol. The highest BCUT2D eigenvalue weighted by molar-refractivity contribution is 6.05. The zero-order valence-corrected chi connectivity index (χ0v) is 10.2. The molecule has 0 aliphatic carbocycles. The van der Waals surface area contributed by atoms with Crippen molar-refractivity contribution in [1.29, 1.82) is 5.26 Å². The molecule has 100 valence electrons. The highest BCUT2D eigenvalue weighted by Gasteiger charge is 2.16. The largest absolute Gasteiger partial charge is 0.396 e. The normalized spacial score (nSPS) is 9.85. The Morgan fingerprint density at radius 1 is 1.20 bits per heavy atom. The molecule has 0 fully saturated rings. The van der Waals surface area contributed by atoms with E-state index in [2.05, 4.69) is 5.32 Å². The van der Waals surface area contributed by atoms with Crippen LogP contribution in [0.1, 0.15) is 15.9 Å². The van der Waals surface area contributed by atoms with E-state index < -0.39 is 23.1 Å². The summed E-state index contributed by atoms with van der Waals surface area (Å²) >= 11 is 0. The van der Waals surface area contributed by atoms with Gasteiger partial charge in [-0.3, -0.25) is 4.79 Å². The molecule has 0 atom stereocenters. The summed E-state index contributed by atoms with van der Waals surface area (Å²) in [6.07, 6.45) is 0. The topological polar surface area (TPSA) is 78.9 Å². The Kier molecular flexibility index (Phi) is 3.62. The molecule has 1 amide bonds. The van der Waals surface area contributed by atoms with Gasteiger partial charge in [0.15, 0.2) is 0 Å². The summed E-state index contributed by atoms with van der Waals surface area (Å²) in [6, 6.07) is 9.60. The van der Waals surface area contributed by atoms with Crippen LogP contribution in [-0.2, 0) is 0 Å². The van der Waals surface area contributed by atoms with Gasteiger partial charge in [0.25, 0.3) is 5.91 Å². The molecule has 0 saturated heterocycles. The molecule has 4 nitrogen and oxygen atoms in total. The summed E-state index contributed by atoms with van der Waals surface area (Å²) in [5.74, 6) is -2.77. The summed E-state index contributed by atoms with van der Waals surface area (Å²) in [4.78, 5) is 11.9. The molecule has 2 aromatic carbocycles. The Morgan fingerprint density at radius 3 is 2.60 bits per heavy atom. The van der Waals surface area contributed by atoms with Crippen molar-refractivity contribution in [3.63, 3.8) is 0 Å². The van der Waals surface area contributed by atoms with Crippen LogP contribution in [0.2, 0.25) is 0 Å². The Hall–Kier alpha value is -2.94. The highest BCUT2D eigenvalue weighted by atomic mass is 19.1. The lowest BCUT2D eigenvalue weighted by Gasteiger charge is -2.08. The van der Waals surface area contributed by atoms with Gasteiger partial charge < -0.3 is 11.1 Å². The van der Waals surface area contributed by atoms with Crippen LogP contribution in [-0.4, -0.2) is 5.91 Å². The molecule has 0 bridgehead atoms. The summed E-state index contributed by atoms with van der Waals surface area (Å²) in [7, 11) is 0. The number of nitrogen functional groups attached to an aromatic ring is 1. The number of para-hydroxylation sites is 1. The molecule has 0 heterocycles. The number of halogens is 2. The van der Waals surface area contributed by atoms with Crippen LogP contribution in [0.5, 0.6) is 0 Å². The molecule has 6 heteroatoms. The maximum atomic E-state index is 13.5. The van der Waals surface area contributed by atoms with E-state index in [1.165, 1.54) is 12.1 Å². The zero-order chi connectivity index (χ0) is 14.7. The fraction of sp³-hybridized carbons (Fsp3) is 0. The van der Waals surface area contributed by atoms with Gasteiger partial charge in [0.2, 0.25) is 0 Å². The SMILES string of the molecule is N#Cc1ccccc1NC(=O)c1cc(N)c(F)cc1F. The lowest BCUT2D eigenvalue weighted by Crippen LogP contribution is -2.15. The van der Waals surface area contributed by atoms with Crippen molar-refractivity contribution in [1.82, 2.24) is 0 Å². The van der Waals surface area contributed by atoms with Gasteiger partial charge in [0.05, 0.1) is 22.5 Å². The Morgan fingerprint density at radius 2 is 1.90 bits per heavy atom. The number of hydrogen-bond donors (Lipinski definition) is 2. The Balaban J connectivity index is 2.34. The molecule has 0 aliphatic heterocycles. The molecule has 2 rings (SSSR count). The van der Waals surface area contributed by atoms with Gasteiger partial charge >= 0.3 is 0 Å². The quantitative estimate of drug-likeness (QED) is 0.825. The standard InChI is InChI=1S/C14H9F2N3O/c15-10-6-11(16)12(18)5-9(10)14(20)19-13-4-2-1-3-8(13)7-17/h1-6H,18H2,(H,19,20). The second-order valence-corrected chi connectivity index (χ2v) is 3.97. The summed E-state index contributed by atoms with van der Waals surface area (Å²) in [5, 5.41) is 11.3. The maximum absolute atomic E-state index is 13.5. The molecule has 0 spiro atoms. The summed E-state index contributed by atoms with van der Waals surface area (Å²) in [5.41, 5.74) is 5.05. The van der Waals surface area contributed by atoms with Crippen molar-refractivity contribution < 1.29 is 13.6 Å². The number of carbonyl (C=O) groups excluding carboxylic acids is 1. The predicted molar refractivity (Wildman–Crippen MR) is 69.9 cm³/mol. The zero-order valence-electron chi connectivity index (χ0n) is 10.2. The van der Waals surface area contributed by atoms with Crippen molar-refractivity contribution in [3.8, 4) is 6.07 Å².